The van der Waals surface area contributed by atoms with Gasteiger partial charge in [0.15, 0.2) is 0 Å². The van der Waals surface area contributed by atoms with Gasteiger partial charge in [0.25, 0.3) is 0 Å². The van der Waals surface area contributed by atoms with Gasteiger partial charge in [0.1, 0.15) is 5.01 Å². The maximum Gasteiger partial charge on any atom is 0.108 e. The van der Waals surface area contributed by atoms with E-state index in [1.165, 1.54) is 48.2 Å². The van der Waals surface area contributed by atoms with Crippen molar-refractivity contribution in [3.63, 3.8) is 0 Å². The van der Waals surface area contributed by atoms with Crippen molar-refractivity contribution in [1.82, 2.24) is 9.88 Å². The number of thiazole rings is 1. The third-order valence-electron chi connectivity index (χ3n) is 4.17. The summed E-state index contributed by atoms with van der Waals surface area (Å²) in [5.41, 5.74) is 1.15. The highest BCUT2D eigenvalue weighted by Gasteiger charge is 2.18. The van der Waals surface area contributed by atoms with Gasteiger partial charge in [-0.15, -0.1) is 11.3 Å². The Balaban J connectivity index is 1.69. The Morgan fingerprint density at radius 1 is 1.16 bits per heavy atom. The molecule has 0 N–H and O–H groups in total. The lowest BCUT2D eigenvalue weighted by atomic mass is 10.1. The number of para-hydroxylation sites is 1. The van der Waals surface area contributed by atoms with E-state index in [0.717, 1.165) is 18.1 Å². The van der Waals surface area contributed by atoms with Crippen LogP contribution in [0.1, 0.15) is 43.5 Å². The van der Waals surface area contributed by atoms with E-state index in [-0.39, 0.29) is 0 Å². The molecule has 0 amide bonds. The summed E-state index contributed by atoms with van der Waals surface area (Å²) in [5, 5.41) is 1.26. The average molecular weight is 274 g/mol. The maximum atomic E-state index is 4.75. The third-order valence-corrected chi connectivity index (χ3v) is 5.19. The van der Waals surface area contributed by atoms with Gasteiger partial charge in [0.2, 0.25) is 0 Å². The fraction of sp³-hybridized carbons (Fsp3) is 0.562. The van der Waals surface area contributed by atoms with Crippen LogP contribution in [0.15, 0.2) is 24.3 Å². The Hall–Kier alpha value is -0.930. The SMILES string of the molecule is CN(Cc1nc2ccccc2s1)C1CCCCCC1. The summed E-state index contributed by atoms with van der Waals surface area (Å²) in [4.78, 5) is 7.26. The van der Waals surface area contributed by atoms with Gasteiger partial charge < -0.3 is 0 Å². The van der Waals surface area contributed by atoms with Gasteiger partial charge in [-0.05, 0) is 32.0 Å². The van der Waals surface area contributed by atoms with Gasteiger partial charge in [-0.2, -0.15) is 0 Å². The molecule has 1 aromatic heterocycles. The Kier molecular flexibility index (Phi) is 4.14. The fourth-order valence-electron chi connectivity index (χ4n) is 3.03. The number of nitrogens with zero attached hydrogens (tertiary/aromatic N) is 2. The van der Waals surface area contributed by atoms with E-state index in [9.17, 15) is 0 Å². The maximum absolute atomic E-state index is 4.75. The Morgan fingerprint density at radius 3 is 2.63 bits per heavy atom. The molecule has 19 heavy (non-hydrogen) atoms. The molecule has 2 nitrogen and oxygen atoms in total. The van der Waals surface area contributed by atoms with Crippen LogP contribution >= 0.6 is 11.3 Å². The van der Waals surface area contributed by atoms with Crippen LogP contribution in [0.4, 0.5) is 0 Å². The molecule has 1 aromatic carbocycles. The summed E-state index contributed by atoms with van der Waals surface area (Å²) >= 11 is 1.84. The van der Waals surface area contributed by atoms with Crippen LogP contribution in [0.2, 0.25) is 0 Å². The van der Waals surface area contributed by atoms with Crippen molar-refractivity contribution >= 4 is 21.6 Å². The van der Waals surface area contributed by atoms with Crippen molar-refractivity contribution in [1.29, 1.82) is 0 Å². The van der Waals surface area contributed by atoms with E-state index in [1.807, 2.05) is 11.3 Å². The van der Waals surface area contributed by atoms with Crippen molar-refractivity contribution in [2.45, 2.75) is 51.1 Å². The zero-order chi connectivity index (χ0) is 13.1. The van der Waals surface area contributed by atoms with E-state index in [2.05, 4.69) is 36.2 Å². The zero-order valence-electron chi connectivity index (χ0n) is 11.6. The molecule has 3 rings (SSSR count). The molecular formula is C16H22N2S. The smallest absolute Gasteiger partial charge is 0.108 e. The topological polar surface area (TPSA) is 16.1 Å². The van der Waals surface area contributed by atoms with E-state index in [4.69, 9.17) is 4.98 Å². The van der Waals surface area contributed by atoms with Crippen LogP contribution < -0.4 is 0 Å². The molecule has 0 spiro atoms. The molecule has 0 aliphatic heterocycles. The number of fused-ring (bicyclic) bond motifs is 1. The average Bonchev–Trinajstić information content (AvgIpc) is 2.63. The summed E-state index contributed by atoms with van der Waals surface area (Å²) in [6.07, 6.45) is 8.36. The van der Waals surface area contributed by atoms with Crippen molar-refractivity contribution in [3.8, 4) is 0 Å². The lowest BCUT2D eigenvalue weighted by molar-refractivity contribution is 0.213. The van der Waals surface area contributed by atoms with Crippen LogP contribution in [0, 0.1) is 0 Å². The van der Waals surface area contributed by atoms with Crippen molar-refractivity contribution in [2.24, 2.45) is 0 Å². The summed E-state index contributed by atoms with van der Waals surface area (Å²) in [6.45, 7) is 1.00. The van der Waals surface area contributed by atoms with Crippen molar-refractivity contribution in [3.05, 3.63) is 29.3 Å². The molecule has 1 fully saturated rings. The minimum atomic E-state index is 0.759. The second-order valence-corrected chi connectivity index (χ2v) is 6.75. The monoisotopic (exact) mass is 274 g/mol. The van der Waals surface area contributed by atoms with Crippen molar-refractivity contribution in [2.75, 3.05) is 7.05 Å². The van der Waals surface area contributed by atoms with Crippen LogP contribution in [0.3, 0.4) is 0 Å². The highest BCUT2D eigenvalue weighted by molar-refractivity contribution is 7.18. The molecule has 3 heteroatoms. The second kappa shape index (κ2) is 6.02. The highest BCUT2D eigenvalue weighted by Crippen LogP contribution is 2.25. The lowest BCUT2D eigenvalue weighted by Gasteiger charge is -2.25. The predicted molar refractivity (Wildman–Crippen MR) is 82.6 cm³/mol. The van der Waals surface area contributed by atoms with Gasteiger partial charge in [-0.25, -0.2) is 4.98 Å². The molecule has 0 saturated heterocycles. The van der Waals surface area contributed by atoms with E-state index < -0.39 is 0 Å². The largest absolute Gasteiger partial charge is 0.297 e. The van der Waals surface area contributed by atoms with E-state index in [1.54, 1.807) is 0 Å². The van der Waals surface area contributed by atoms with Gasteiger partial charge in [-0.1, -0.05) is 37.8 Å². The molecule has 0 unspecified atom stereocenters. The highest BCUT2D eigenvalue weighted by atomic mass is 32.1. The molecular weight excluding hydrogens is 252 g/mol. The number of hydrogen-bond donors (Lipinski definition) is 0. The Labute approximate surface area is 119 Å². The summed E-state index contributed by atoms with van der Waals surface area (Å²) < 4.78 is 1.31. The Morgan fingerprint density at radius 2 is 1.89 bits per heavy atom. The van der Waals surface area contributed by atoms with Crippen LogP contribution in [0.25, 0.3) is 10.2 Å². The molecule has 1 saturated carbocycles. The number of benzene rings is 1. The molecule has 1 aliphatic rings. The quantitative estimate of drug-likeness (QED) is 0.769. The molecule has 102 valence electrons. The molecule has 0 radical (unpaired) electrons. The minimum absolute atomic E-state index is 0.759. The molecule has 0 bridgehead atoms. The summed E-state index contributed by atoms with van der Waals surface area (Å²) in [7, 11) is 2.27. The molecule has 1 aliphatic carbocycles. The first-order valence-corrected chi connectivity index (χ1v) is 8.19. The van der Waals surface area contributed by atoms with Crippen LogP contribution in [-0.4, -0.2) is 23.0 Å². The molecule has 1 heterocycles. The van der Waals surface area contributed by atoms with Gasteiger partial charge >= 0.3 is 0 Å². The summed E-state index contributed by atoms with van der Waals surface area (Å²) in [5.74, 6) is 0. The normalized spacial score (nSPS) is 18.0. The number of hydrogen-bond acceptors (Lipinski definition) is 3. The van der Waals surface area contributed by atoms with Gasteiger partial charge in [0, 0.05) is 6.04 Å². The molecule has 0 atom stereocenters. The van der Waals surface area contributed by atoms with Gasteiger partial charge in [-0.3, -0.25) is 4.90 Å². The molecule has 2 aromatic rings. The van der Waals surface area contributed by atoms with Crippen LogP contribution in [0.5, 0.6) is 0 Å². The first-order valence-electron chi connectivity index (χ1n) is 7.37. The number of aromatic nitrogens is 1. The zero-order valence-corrected chi connectivity index (χ0v) is 12.5. The first kappa shape index (κ1) is 13.1. The standard InChI is InChI=1S/C16H22N2S/c1-18(13-8-4-2-3-5-9-13)12-16-17-14-10-6-7-11-15(14)19-16/h6-7,10-11,13H,2-5,8-9,12H2,1H3. The minimum Gasteiger partial charge on any atom is -0.297 e. The van der Waals surface area contributed by atoms with E-state index in [0.29, 0.717) is 0 Å². The number of rotatable bonds is 3. The van der Waals surface area contributed by atoms with Crippen molar-refractivity contribution < 1.29 is 0 Å². The predicted octanol–water partition coefficient (Wildman–Crippen LogP) is 4.45. The second-order valence-electron chi connectivity index (χ2n) is 5.64. The fourth-order valence-corrected chi connectivity index (χ4v) is 4.06. The van der Waals surface area contributed by atoms with E-state index >= 15 is 0 Å². The lowest BCUT2D eigenvalue weighted by Crippen LogP contribution is -2.30. The summed E-state index contributed by atoms with van der Waals surface area (Å²) in [6, 6.07) is 9.21. The first-order chi connectivity index (χ1) is 9.33. The van der Waals surface area contributed by atoms with Gasteiger partial charge in [0.05, 0.1) is 16.8 Å². The van der Waals surface area contributed by atoms with Crippen LogP contribution in [-0.2, 0) is 6.54 Å². The Bertz CT molecular complexity index is 493. The third kappa shape index (κ3) is 3.15.